The van der Waals surface area contributed by atoms with Crippen LogP contribution in [0, 0.1) is 0 Å². The number of piperazine rings is 1. The van der Waals surface area contributed by atoms with E-state index in [1.54, 1.807) is 6.92 Å². The van der Waals surface area contributed by atoms with Crippen molar-refractivity contribution >= 4 is 29.7 Å². The summed E-state index contributed by atoms with van der Waals surface area (Å²) in [6, 6.07) is 19.2. The molecule has 1 unspecified atom stereocenters. The molecular formula is C31H36N6O6. The molecule has 3 amide bonds. The Kier molecular flexibility index (Phi) is 10.6. The Morgan fingerprint density at radius 1 is 0.930 bits per heavy atom. The lowest BCUT2D eigenvalue weighted by molar-refractivity contribution is -0.138. The molecule has 1 fully saturated rings. The van der Waals surface area contributed by atoms with Gasteiger partial charge in [-0.25, -0.2) is 14.8 Å². The van der Waals surface area contributed by atoms with Crippen molar-refractivity contribution in [3.05, 3.63) is 78.0 Å². The molecule has 0 bridgehead atoms. The zero-order valence-corrected chi connectivity index (χ0v) is 24.2. The van der Waals surface area contributed by atoms with Gasteiger partial charge in [0.1, 0.15) is 17.6 Å². The lowest BCUT2D eigenvalue weighted by Gasteiger charge is -2.35. The molecule has 2 heterocycles. The van der Waals surface area contributed by atoms with Crippen LogP contribution in [0.25, 0.3) is 11.4 Å². The third-order valence-electron chi connectivity index (χ3n) is 7.02. The van der Waals surface area contributed by atoms with E-state index in [2.05, 4.69) is 20.6 Å². The highest BCUT2D eigenvalue weighted by Gasteiger charge is 2.31. The van der Waals surface area contributed by atoms with Crippen LogP contribution in [0.3, 0.4) is 0 Å². The topological polar surface area (TPSA) is 154 Å². The number of carboxylic acids is 1. The minimum absolute atomic E-state index is 0.0249. The second kappa shape index (κ2) is 14.8. The zero-order valence-electron chi connectivity index (χ0n) is 24.2. The first-order chi connectivity index (χ1) is 20.7. The van der Waals surface area contributed by atoms with Gasteiger partial charge in [0.05, 0.1) is 6.61 Å². The summed E-state index contributed by atoms with van der Waals surface area (Å²) in [6.07, 6.45) is -0.876. The number of aromatic nitrogens is 2. The molecule has 1 aliphatic rings. The number of carbonyl (C=O) groups excluding carboxylic acids is 3. The van der Waals surface area contributed by atoms with Crippen LogP contribution in [-0.4, -0.2) is 87.6 Å². The van der Waals surface area contributed by atoms with Crippen LogP contribution in [0.2, 0.25) is 0 Å². The molecule has 0 aliphatic carbocycles. The molecule has 12 nitrogen and oxygen atoms in total. The van der Waals surface area contributed by atoms with Crippen molar-refractivity contribution in [1.82, 2.24) is 25.1 Å². The number of amides is 3. The molecular weight excluding hydrogens is 552 g/mol. The van der Waals surface area contributed by atoms with Crippen LogP contribution < -0.4 is 10.6 Å². The Morgan fingerprint density at radius 3 is 2.19 bits per heavy atom. The lowest BCUT2D eigenvalue weighted by atomic mass is 10.1. The fourth-order valence-corrected chi connectivity index (χ4v) is 4.70. The van der Waals surface area contributed by atoms with Gasteiger partial charge < -0.3 is 30.3 Å². The molecule has 12 heteroatoms. The Morgan fingerprint density at radius 2 is 1.56 bits per heavy atom. The van der Waals surface area contributed by atoms with Crippen molar-refractivity contribution in [2.24, 2.45) is 0 Å². The number of carbonyl (C=O) groups is 4. The quantitative estimate of drug-likeness (QED) is 0.305. The van der Waals surface area contributed by atoms with Gasteiger partial charge in [-0.05, 0) is 25.8 Å². The Hall–Kier alpha value is -5.00. The molecule has 2 atom stereocenters. The van der Waals surface area contributed by atoms with E-state index in [4.69, 9.17) is 4.74 Å². The van der Waals surface area contributed by atoms with Crippen LogP contribution in [0.15, 0.2) is 66.7 Å². The highest BCUT2D eigenvalue weighted by Crippen LogP contribution is 2.22. The number of benzene rings is 2. The fraction of sp³-hybridized carbons (Fsp3) is 0.355. The van der Waals surface area contributed by atoms with Gasteiger partial charge in [0, 0.05) is 50.3 Å². The normalized spacial score (nSPS) is 14.4. The smallest absolute Gasteiger partial charge is 0.409 e. The summed E-state index contributed by atoms with van der Waals surface area (Å²) in [5.41, 5.74) is 1.75. The highest BCUT2D eigenvalue weighted by atomic mass is 16.6. The van der Waals surface area contributed by atoms with E-state index in [1.165, 1.54) is 15.9 Å². The van der Waals surface area contributed by atoms with Crippen molar-refractivity contribution in [3.8, 4) is 11.4 Å². The number of anilines is 1. The molecule has 4 rings (SSSR count). The molecule has 0 radical (unpaired) electrons. The minimum Gasteiger partial charge on any atom is -0.481 e. The summed E-state index contributed by atoms with van der Waals surface area (Å²) in [5, 5.41) is 15.3. The first-order valence-electron chi connectivity index (χ1n) is 14.2. The second-order valence-corrected chi connectivity index (χ2v) is 10.1. The van der Waals surface area contributed by atoms with Gasteiger partial charge in [0.25, 0.3) is 5.91 Å². The van der Waals surface area contributed by atoms with E-state index in [1.807, 2.05) is 67.6 Å². The van der Waals surface area contributed by atoms with Crippen molar-refractivity contribution in [3.63, 3.8) is 0 Å². The van der Waals surface area contributed by atoms with Crippen molar-refractivity contribution < 1.29 is 29.0 Å². The van der Waals surface area contributed by atoms with Gasteiger partial charge in [0.2, 0.25) is 5.91 Å². The molecule has 1 aliphatic heterocycles. The van der Waals surface area contributed by atoms with E-state index < -0.39 is 29.9 Å². The number of rotatable bonds is 11. The first-order valence-corrected chi connectivity index (χ1v) is 14.2. The average molecular weight is 589 g/mol. The van der Waals surface area contributed by atoms with E-state index in [-0.39, 0.29) is 57.4 Å². The predicted octanol–water partition coefficient (Wildman–Crippen LogP) is 3.58. The van der Waals surface area contributed by atoms with E-state index in [0.29, 0.717) is 17.2 Å². The molecule has 2 aromatic carbocycles. The molecule has 0 spiro atoms. The van der Waals surface area contributed by atoms with Crippen molar-refractivity contribution in [2.45, 2.75) is 38.8 Å². The number of ether oxygens (including phenoxy) is 1. The standard InChI is InChI=1S/C31H36N6O6/c1-3-43-31(42)37-18-16-36(17-19-37)30(41)24(14-15-27(38)39)34-29(40)25-20-26(32-21(2)22-10-6-4-7-11-22)35-28(33-25)23-12-8-5-9-13-23/h4-13,20-21,24H,3,14-19H2,1-2H3,(H,34,40)(H,38,39)(H,32,33,35)/t21-,24?/m0/s1. The average Bonchev–Trinajstić information content (AvgIpc) is 3.03. The van der Waals surface area contributed by atoms with Crippen LogP contribution in [-0.2, 0) is 14.3 Å². The van der Waals surface area contributed by atoms with Crippen LogP contribution in [0.5, 0.6) is 0 Å². The monoisotopic (exact) mass is 588 g/mol. The van der Waals surface area contributed by atoms with E-state index in [0.717, 1.165) is 5.56 Å². The molecule has 1 saturated heterocycles. The maximum absolute atomic E-state index is 13.6. The molecule has 226 valence electrons. The third kappa shape index (κ3) is 8.51. The summed E-state index contributed by atoms with van der Waals surface area (Å²) in [4.78, 5) is 62.6. The second-order valence-electron chi connectivity index (χ2n) is 10.1. The van der Waals surface area contributed by atoms with Gasteiger partial charge in [0.15, 0.2) is 5.82 Å². The predicted molar refractivity (Wildman–Crippen MR) is 159 cm³/mol. The summed E-state index contributed by atoms with van der Waals surface area (Å²) in [7, 11) is 0. The molecule has 1 aromatic heterocycles. The van der Waals surface area contributed by atoms with Gasteiger partial charge in [-0.15, -0.1) is 0 Å². The van der Waals surface area contributed by atoms with Crippen molar-refractivity contribution in [1.29, 1.82) is 0 Å². The SMILES string of the molecule is CCOC(=O)N1CCN(C(=O)C(CCC(=O)O)NC(=O)c2cc(N[C@@H](C)c3ccccc3)nc(-c3ccccc3)n2)CC1. The maximum Gasteiger partial charge on any atom is 0.409 e. The first kappa shape index (κ1) is 30.9. The number of hydrogen-bond acceptors (Lipinski definition) is 8. The number of hydrogen-bond donors (Lipinski definition) is 3. The molecule has 3 aromatic rings. The van der Waals surface area contributed by atoms with E-state index in [9.17, 15) is 24.3 Å². The van der Waals surface area contributed by atoms with Gasteiger partial charge in [-0.3, -0.25) is 14.4 Å². The van der Waals surface area contributed by atoms with Gasteiger partial charge in [-0.1, -0.05) is 60.7 Å². The van der Waals surface area contributed by atoms with Crippen LogP contribution in [0.4, 0.5) is 10.6 Å². The van der Waals surface area contributed by atoms with E-state index >= 15 is 0 Å². The Labute approximate surface area is 250 Å². The van der Waals surface area contributed by atoms with Gasteiger partial charge >= 0.3 is 12.1 Å². The third-order valence-corrected chi connectivity index (χ3v) is 7.02. The van der Waals surface area contributed by atoms with Crippen LogP contribution in [0.1, 0.15) is 48.8 Å². The summed E-state index contributed by atoms with van der Waals surface area (Å²) >= 11 is 0. The number of aliphatic carboxylic acids is 1. The summed E-state index contributed by atoms with van der Waals surface area (Å²) in [6.45, 7) is 4.94. The number of carboxylic acid groups (broad SMARTS) is 1. The maximum atomic E-state index is 13.6. The number of nitrogens with one attached hydrogen (secondary N) is 2. The molecule has 43 heavy (non-hydrogen) atoms. The summed E-state index contributed by atoms with van der Waals surface area (Å²) in [5.74, 6) is -1.41. The zero-order chi connectivity index (χ0) is 30.8. The molecule has 0 saturated carbocycles. The van der Waals surface area contributed by atoms with Crippen molar-refractivity contribution in [2.75, 3.05) is 38.1 Å². The Balaban J connectivity index is 1.55. The summed E-state index contributed by atoms with van der Waals surface area (Å²) < 4.78 is 5.04. The highest BCUT2D eigenvalue weighted by molar-refractivity contribution is 5.97. The Bertz CT molecular complexity index is 1410. The van der Waals surface area contributed by atoms with Crippen LogP contribution >= 0.6 is 0 Å². The molecule has 3 N–H and O–H groups in total. The van der Waals surface area contributed by atoms with Gasteiger partial charge in [-0.2, -0.15) is 0 Å². The lowest BCUT2D eigenvalue weighted by Crippen LogP contribution is -2.56. The largest absolute Gasteiger partial charge is 0.481 e. The number of nitrogens with zero attached hydrogens (tertiary/aromatic N) is 4. The fourth-order valence-electron chi connectivity index (χ4n) is 4.70. The minimum atomic E-state index is -1.10.